The first kappa shape index (κ1) is 16.8. The number of hydrogen-bond donors (Lipinski definition) is 1. The zero-order valence-corrected chi connectivity index (χ0v) is 15.5. The number of aryl methyl sites for hydroxylation is 2. The van der Waals surface area contributed by atoms with Crippen LogP contribution in [0.25, 0.3) is 11.0 Å². The average molecular weight is 371 g/mol. The molecule has 0 bridgehead atoms. The standard InChI is InChI=1S/C23H21N3O2/c27-23(25-20-6-4-16(5-7-20)13-26-9-8-24-15-26)12-19-14-28-22-11-18-3-1-2-17(18)10-21(19)22/h4-11,14-15H,1-3,12-13H2,(H,25,27). The third kappa shape index (κ3) is 3.31. The van der Waals surface area contributed by atoms with Gasteiger partial charge in [0, 0.05) is 35.6 Å². The van der Waals surface area contributed by atoms with Crippen molar-refractivity contribution >= 4 is 22.6 Å². The van der Waals surface area contributed by atoms with E-state index in [9.17, 15) is 4.79 Å². The first-order valence-corrected chi connectivity index (χ1v) is 9.61. The van der Waals surface area contributed by atoms with Crippen molar-refractivity contribution in [2.24, 2.45) is 0 Å². The maximum atomic E-state index is 12.5. The Hall–Kier alpha value is -3.34. The highest BCUT2D eigenvalue weighted by molar-refractivity contribution is 5.95. The van der Waals surface area contributed by atoms with E-state index in [4.69, 9.17) is 4.42 Å². The van der Waals surface area contributed by atoms with Crippen LogP contribution >= 0.6 is 0 Å². The number of aromatic nitrogens is 2. The molecule has 0 saturated carbocycles. The molecule has 1 N–H and O–H groups in total. The van der Waals surface area contributed by atoms with Gasteiger partial charge in [-0.15, -0.1) is 0 Å². The molecule has 140 valence electrons. The molecule has 0 spiro atoms. The molecular weight excluding hydrogens is 350 g/mol. The average Bonchev–Trinajstić information content (AvgIpc) is 3.43. The molecule has 0 unspecified atom stereocenters. The van der Waals surface area contributed by atoms with Gasteiger partial charge in [-0.1, -0.05) is 12.1 Å². The Kier molecular flexibility index (Phi) is 4.20. The van der Waals surface area contributed by atoms with Crippen LogP contribution in [0.2, 0.25) is 0 Å². The molecule has 1 aliphatic carbocycles. The van der Waals surface area contributed by atoms with Gasteiger partial charge in [-0.2, -0.15) is 0 Å². The van der Waals surface area contributed by atoms with Gasteiger partial charge in [0.25, 0.3) is 0 Å². The molecule has 2 aromatic heterocycles. The maximum Gasteiger partial charge on any atom is 0.228 e. The molecular formula is C23H21N3O2. The van der Waals surface area contributed by atoms with Gasteiger partial charge in [0.1, 0.15) is 5.58 Å². The van der Waals surface area contributed by atoms with Crippen LogP contribution in [0.1, 0.15) is 28.7 Å². The molecule has 2 heterocycles. The molecule has 5 heteroatoms. The van der Waals surface area contributed by atoms with E-state index in [1.807, 2.05) is 35.0 Å². The van der Waals surface area contributed by atoms with Gasteiger partial charge in [-0.3, -0.25) is 4.79 Å². The summed E-state index contributed by atoms with van der Waals surface area (Å²) in [7, 11) is 0. The van der Waals surface area contributed by atoms with Crippen molar-refractivity contribution in [1.82, 2.24) is 9.55 Å². The number of carbonyl (C=O) groups excluding carboxylic acids is 1. The summed E-state index contributed by atoms with van der Waals surface area (Å²) in [4.78, 5) is 16.6. The summed E-state index contributed by atoms with van der Waals surface area (Å²) in [6, 6.07) is 12.3. The monoisotopic (exact) mass is 371 g/mol. The third-order valence-corrected chi connectivity index (χ3v) is 5.38. The highest BCUT2D eigenvalue weighted by Gasteiger charge is 2.16. The predicted molar refractivity (Wildman–Crippen MR) is 108 cm³/mol. The van der Waals surface area contributed by atoms with E-state index in [-0.39, 0.29) is 5.91 Å². The number of benzene rings is 2. The molecule has 0 saturated heterocycles. The van der Waals surface area contributed by atoms with Crippen molar-refractivity contribution < 1.29 is 9.21 Å². The smallest absolute Gasteiger partial charge is 0.228 e. The summed E-state index contributed by atoms with van der Waals surface area (Å²) < 4.78 is 7.71. The van der Waals surface area contributed by atoms with Crippen LogP contribution in [0.3, 0.4) is 0 Å². The maximum absolute atomic E-state index is 12.5. The van der Waals surface area contributed by atoms with E-state index < -0.39 is 0 Å². The van der Waals surface area contributed by atoms with E-state index in [0.717, 1.165) is 47.2 Å². The number of nitrogens with one attached hydrogen (secondary N) is 1. The lowest BCUT2D eigenvalue weighted by Gasteiger charge is -2.07. The zero-order chi connectivity index (χ0) is 18.9. The lowest BCUT2D eigenvalue weighted by atomic mass is 10.0. The third-order valence-electron chi connectivity index (χ3n) is 5.38. The van der Waals surface area contributed by atoms with E-state index in [1.165, 1.54) is 17.5 Å². The quantitative estimate of drug-likeness (QED) is 0.567. The Labute approximate surface area is 163 Å². The number of imidazole rings is 1. The van der Waals surface area contributed by atoms with Crippen LogP contribution in [0.15, 0.2) is 65.8 Å². The number of hydrogen-bond acceptors (Lipinski definition) is 3. The SMILES string of the molecule is O=C(Cc1coc2cc3c(cc12)CCC3)Nc1ccc(Cn2ccnc2)cc1. The fourth-order valence-corrected chi connectivity index (χ4v) is 3.95. The van der Waals surface area contributed by atoms with Gasteiger partial charge in [0.15, 0.2) is 0 Å². The summed E-state index contributed by atoms with van der Waals surface area (Å²) >= 11 is 0. The topological polar surface area (TPSA) is 60.1 Å². The van der Waals surface area contributed by atoms with Crippen molar-refractivity contribution in [1.29, 1.82) is 0 Å². The van der Waals surface area contributed by atoms with Crippen molar-refractivity contribution in [2.45, 2.75) is 32.2 Å². The fourth-order valence-electron chi connectivity index (χ4n) is 3.95. The number of nitrogens with zero attached hydrogens (tertiary/aromatic N) is 2. The van der Waals surface area contributed by atoms with Gasteiger partial charge < -0.3 is 14.3 Å². The lowest BCUT2D eigenvalue weighted by molar-refractivity contribution is -0.115. The van der Waals surface area contributed by atoms with E-state index >= 15 is 0 Å². The van der Waals surface area contributed by atoms with Crippen molar-refractivity contribution in [2.75, 3.05) is 5.32 Å². The summed E-state index contributed by atoms with van der Waals surface area (Å²) in [6.45, 7) is 0.763. The van der Waals surface area contributed by atoms with Gasteiger partial charge in [-0.05, 0) is 60.2 Å². The van der Waals surface area contributed by atoms with Crippen molar-refractivity contribution in [3.8, 4) is 0 Å². The highest BCUT2D eigenvalue weighted by atomic mass is 16.3. The molecule has 0 aliphatic heterocycles. The minimum absolute atomic E-state index is 0.0365. The van der Waals surface area contributed by atoms with Crippen LogP contribution in [0, 0.1) is 0 Å². The molecule has 4 aromatic rings. The van der Waals surface area contributed by atoms with Crippen molar-refractivity contribution in [3.05, 3.63) is 83.6 Å². The van der Waals surface area contributed by atoms with Gasteiger partial charge in [-0.25, -0.2) is 4.98 Å². The first-order chi connectivity index (χ1) is 13.7. The normalized spacial score (nSPS) is 13.0. The molecule has 1 amide bonds. The molecule has 0 radical (unpaired) electrons. The Morgan fingerprint density at radius 1 is 1.14 bits per heavy atom. The number of amides is 1. The number of rotatable bonds is 5. The zero-order valence-electron chi connectivity index (χ0n) is 15.5. The minimum Gasteiger partial charge on any atom is -0.464 e. The Morgan fingerprint density at radius 3 is 2.75 bits per heavy atom. The lowest BCUT2D eigenvalue weighted by Crippen LogP contribution is -2.14. The predicted octanol–water partition coefficient (Wildman–Crippen LogP) is 4.35. The van der Waals surface area contributed by atoms with Crippen LogP contribution < -0.4 is 5.32 Å². The molecule has 2 aromatic carbocycles. The van der Waals surface area contributed by atoms with E-state index in [2.05, 4.69) is 22.4 Å². The van der Waals surface area contributed by atoms with E-state index in [0.29, 0.717) is 6.42 Å². The Bertz CT molecular complexity index is 1120. The minimum atomic E-state index is -0.0365. The number of furan rings is 1. The number of fused-ring (bicyclic) bond motifs is 2. The molecule has 0 atom stereocenters. The van der Waals surface area contributed by atoms with Crippen molar-refractivity contribution in [3.63, 3.8) is 0 Å². The Balaban J connectivity index is 1.27. The van der Waals surface area contributed by atoms with Crippen LogP contribution in [-0.2, 0) is 30.6 Å². The summed E-state index contributed by atoms with van der Waals surface area (Å²) in [6.07, 6.45) is 11.0. The van der Waals surface area contributed by atoms with Crippen LogP contribution in [-0.4, -0.2) is 15.5 Å². The first-order valence-electron chi connectivity index (χ1n) is 9.61. The summed E-state index contributed by atoms with van der Waals surface area (Å²) in [5.41, 5.74) is 6.56. The molecule has 1 aliphatic rings. The molecule has 5 nitrogen and oxygen atoms in total. The second-order valence-corrected chi connectivity index (χ2v) is 7.39. The fraction of sp³-hybridized carbons (Fsp3) is 0.217. The van der Waals surface area contributed by atoms with Gasteiger partial charge >= 0.3 is 0 Å². The van der Waals surface area contributed by atoms with Crippen LogP contribution in [0.5, 0.6) is 0 Å². The van der Waals surface area contributed by atoms with Gasteiger partial charge in [0.2, 0.25) is 5.91 Å². The van der Waals surface area contributed by atoms with E-state index in [1.54, 1.807) is 18.8 Å². The molecule has 5 rings (SSSR count). The summed E-state index contributed by atoms with van der Waals surface area (Å²) in [5, 5.41) is 4.05. The second kappa shape index (κ2) is 7.00. The summed E-state index contributed by atoms with van der Waals surface area (Å²) in [5.74, 6) is -0.0365. The number of anilines is 1. The number of carbonyl (C=O) groups is 1. The van der Waals surface area contributed by atoms with Gasteiger partial charge in [0.05, 0.1) is 19.0 Å². The Morgan fingerprint density at radius 2 is 1.96 bits per heavy atom. The molecule has 0 fully saturated rings. The second-order valence-electron chi connectivity index (χ2n) is 7.39. The molecule has 28 heavy (non-hydrogen) atoms. The highest BCUT2D eigenvalue weighted by Crippen LogP contribution is 2.30. The van der Waals surface area contributed by atoms with Crippen LogP contribution in [0.4, 0.5) is 5.69 Å². The largest absolute Gasteiger partial charge is 0.464 e.